The molecule has 1 aliphatic rings. The molecule has 0 aromatic carbocycles. The van der Waals surface area contributed by atoms with Crippen molar-refractivity contribution in [2.24, 2.45) is 5.73 Å². The number of carboxylic acid groups (broad SMARTS) is 1. The van der Waals surface area contributed by atoms with E-state index in [9.17, 15) is 29.4 Å². The Morgan fingerprint density at radius 1 is 1.36 bits per heavy atom. The largest absolute Gasteiger partial charge is 0.480 e. The number of aromatic nitrogens is 2. The number of aliphatic hydroxyl groups is 1. The first kappa shape index (κ1) is 26.6. The van der Waals surface area contributed by atoms with E-state index < -0.39 is 48.1 Å². The Bertz CT molecular complexity index is 820. The molecule has 0 saturated carbocycles. The molecule has 184 valence electrons. The van der Waals surface area contributed by atoms with Crippen LogP contribution < -0.4 is 16.4 Å². The second-order valence-electron chi connectivity index (χ2n) is 7.98. The predicted octanol–water partition coefficient (Wildman–Crippen LogP) is -1.54. The first-order valence-electron chi connectivity index (χ1n) is 10.7. The van der Waals surface area contributed by atoms with Crippen molar-refractivity contribution < 1.29 is 29.4 Å². The molecule has 12 nitrogen and oxygen atoms in total. The highest BCUT2D eigenvalue weighted by Crippen LogP contribution is 2.19. The number of carbonyl (C=O) groups is 4. The van der Waals surface area contributed by atoms with Crippen LogP contribution in [-0.4, -0.2) is 97.6 Å². The number of likely N-dealkylation sites (tertiary alicyclic amines) is 1. The number of rotatable bonds is 12. The van der Waals surface area contributed by atoms with Crippen LogP contribution in [0.2, 0.25) is 0 Å². The highest BCUT2D eigenvalue weighted by molar-refractivity contribution is 7.98. The van der Waals surface area contributed by atoms with Crippen LogP contribution in [0.4, 0.5) is 0 Å². The van der Waals surface area contributed by atoms with Crippen LogP contribution >= 0.6 is 11.8 Å². The Kier molecular flexibility index (Phi) is 10.1. The Morgan fingerprint density at radius 2 is 2.09 bits per heavy atom. The molecule has 0 bridgehead atoms. The Balaban J connectivity index is 2.13. The monoisotopic (exact) mass is 484 g/mol. The molecule has 0 aliphatic carbocycles. The lowest BCUT2D eigenvalue weighted by atomic mass is 10.1. The fraction of sp³-hybridized carbons (Fsp3) is 0.650. The Hall–Kier alpha value is -2.64. The minimum absolute atomic E-state index is 0.0115. The lowest BCUT2D eigenvalue weighted by Gasteiger charge is -2.28. The number of hydrogen-bond acceptors (Lipinski definition) is 8. The van der Waals surface area contributed by atoms with Crippen LogP contribution in [0.5, 0.6) is 0 Å². The van der Waals surface area contributed by atoms with Gasteiger partial charge in [-0.05, 0) is 38.2 Å². The van der Waals surface area contributed by atoms with E-state index in [0.29, 0.717) is 31.5 Å². The molecular weight excluding hydrogens is 452 g/mol. The molecule has 1 aromatic heterocycles. The van der Waals surface area contributed by atoms with Crippen molar-refractivity contribution in [2.45, 2.75) is 62.9 Å². The molecule has 5 atom stereocenters. The highest BCUT2D eigenvalue weighted by Gasteiger charge is 2.38. The number of aliphatic hydroxyl groups excluding tert-OH is 1. The molecule has 13 heteroatoms. The maximum atomic E-state index is 13.1. The highest BCUT2D eigenvalue weighted by atomic mass is 32.2. The van der Waals surface area contributed by atoms with Gasteiger partial charge >= 0.3 is 5.97 Å². The van der Waals surface area contributed by atoms with E-state index in [1.165, 1.54) is 24.3 Å². The van der Waals surface area contributed by atoms with Gasteiger partial charge in [-0.1, -0.05) is 0 Å². The smallest absolute Gasteiger partial charge is 0.328 e. The summed E-state index contributed by atoms with van der Waals surface area (Å²) in [6.07, 6.45) is 5.02. The van der Waals surface area contributed by atoms with E-state index in [-0.39, 0.29) is 12.3 Å². The third kappa shape index (κ3) is 7.44. The summed E-state index contributed by atoms with van der Waals surface area (Å²) in [6.45, 7) is 1.63. The number of thioether (sulfide) groups is 1. The summed E-state index contributed by atoms with van der Waals surface area (Å²) in [5.41, 5.74) is 6.55. The quantitative estimate of drug-likeness (QED) is 0.204. The molecule has 1 fully saturated rings. The van der Waals surface area contributed by atoms with Gasteiger partial charge in [-0.15, -0.1) is 0 Å². The predicted molar refractivity (Wildman–Crippen MR) is 121 cm³/mol. The van der Waals surface area contributed by atoms with Gasteiger partial charge in [-0.3, -0.25) is 14.4 Å². The minimum atomic E-state index is -1.54. The second kappa shape index (κ2) is 12.6. The van der Waals surface area contributed by atoms with Gasteiger partial charge in [-0.25, -0.2) is 9.78 Å². The van der Waals surface area contributed by atoms with Crippen molar-refractivity contribution in [1.29, 1.82) is 0 Å². The van der Waals surface area contributed by atoms with Gasteiger partial charge in [0.1, 0.15) is 12.1 Å². The molecule has 7 N–H and O–H groups in total. The molecule has 1 saturated heterocycles. The minimum Gasteiger partial charge on any atom is -0.480 e. The lowest BCUT2D eigenvalue weighted by Crippen LogP contribution is -2.58. The van der Waals surface area contributed by atoms with Crippen molar-refractivity contribution in [1.82, 2.24) is 25.5 Å². The first-order chi connectivity index (χ1) is 15.6. The number of imidazole rings is 1. The van der Waals surface area contributed by atoms with Gasteiger partial charge in [0.05, 0.1) is 18.5 Å². The number of amides is 3. The zero-order chi connectivity index (χ0) is 24.5. The number of aromatic amines is 1. The number of hydrogen-bond donors (Lipinski definition) is 6. The van der Waals surface area contributed by atoms with Gasteiger partial charge in [0.2, 0.25) is 17.7 Å². The van der Waals surface area contributed by atoms with Crippen LogP contribution in [0.15, 0.2) is 12.5 Å². The van der Waals surface area contributed by atoms with Crippen LogP contribution in [0, 0.1) is 0 Å². The van der Waals surface area contributed by atoms with Crippen LogP contribution in [0.1, 0.15) is 31.9 Å². The SMILES string of the molecule is CSCCC(N)C(=O)N1CCCC1C(=O)NC(Cc1cnc[nH]1)C(=O)NC(C(=O)O)C(C)O. The van der Waals surface area contributed by atoms with Gasteiger partial charge < -0.3 is 36.5 Å². The number of carbonyl (C=O) groups excluding carboxylic acids is 3. The van der Waals surface area contributed by atoms with E-state index >= 15 is 0 Å². The first-order valence-corrected chi connectivity index (χ1v) is 12.1. The summed E-state index contributed by atoms with van der Waals surface area (Å²) in [5.74, 6) is -2.30. The van der Waals surface area contributed by atoms with E-state index in [1.54, 1.807) is 11.8 Å². The molecule has 3 amide bonds. The van der Waals surface area contributed by atoms with Gasteiger partial charge in [-0.2, -0.15) is 11.8 Å². The zero-order valence-electron chi connectivity index (χ0n) is 18.7. The molecule has 0 radical (unpaired) electrons. The van der Waals surface area contributed by atoms with Crippen molar-refractivity contribution in [3.8, 4) is 0 Å². The van der Waals surface area contributed by atoms with Gasteiger partial charge in [0.25, 0.3) is 0 Å². The fourth-order valence-electron chi connectivity index (χ4n) is 3.62. The topological polar surface area (TPSA) is 191 Å². The number of nitrogens with one attached hydrogen (secondary N) is 3. The molecule has 1 aliphatic heterocycles. The van der Waals surface area contributed by atoms with E-state index in [0.717, 1.165) is 5.75 Å². The molecular formula is C20H32N6O6S. The molecule has 1 aromatic rings. The lowest BCUT2D eigenvalue weighted by molar-refractivity contribution is -0.145. The summed E-state index contributed by atoms with van der Waals surface area (Å²) < 4.78 is 0. The Labute approximate surface area is 196 Å². The van der Waals surface area contributed by atoms with Crippen LogP contribution in [0.3, 0.4) is 0 Å². The Morgan fingerprint density at radius 3 is 2.67 bits per heavy atom. The molecule has 5 unspecified atom stereocenters. The summed E-state index contributed by atoms with van der Waals surface area (Å²) in [6, 6.07) is -4.18. The van der Waals surface area contributed by atoms with E-state index in [1.807, 2.05) is 6.26 Å². The van der Waals surface area contributed by atoms with Crippen LogP contribution in [-0.2, 0) is 25.6 Å². The molecule has 33 heavy (non-hydrogen) atoms. The van der Waals surface area contributed by atoms with Crippen molar-refractivity contribution in [3.63, 3.8) is 0 Å². The summed E-state index contributed by atoms with van der Waals surface area (Å²) in [4.78, 5) is 58.2. The molecule has 2 heterocycles. The fourth-order valence-corrected chi connectivity index (χ4v) is 4.11. The van der Waals surface area contributed by atoms with E-state index in [4.69, 9.17) is 5.73 Å². The maximum Gasteiger partial charge on any atom is 0.328 e. The maximum absolute atomic E-state index is 13.1. The van der Waals surface area contributed by atoms with E-state index in [2.05, 4.69) is 20.6 Å². The number of H-pyrrole nitrogens is 1. The average molecular weight is 485 g/mol. The summed E-state index contributed by atoms with van der Waals surface area (Å²) >= 11 is 1.58. The number of nitrogens with zero attached hydrogens (tertiary/aromatic N) is 2. The number of carboxylic acids is 1. The summed E-state index contributed by atoms with van der Waals surface area (Å²) in [7, 11) is 0. The molecule has 0 spiro atoms. The number of nitrogens with two attached hydrogens (primary N) is 1. The average Bonchev–Trinajstić information content (AvgIpc) is 3.46. The van der Waals surface area contributed by atoms with Crippen molar-refractivity contribution in [2.75, 3.05) is 18.6 Å². The van der Waals surface area contributed by atoms with Crippen molar-refractivity contribution in [3.05, 3.63) is 18.2 Å². The molecule has 2 rings (SSSR count). The third-order valence-corrected chi connectivity index (χ3v) is 6.09. The zero-order valence-corrected chi connectivity index (χ0v) is 19.5. The normalized spacial score (nSPS) is 19.4. The van der Waals surface area contributed by atoms with Crippen molar-refractivity contribution >= 4 is 35.5 Å². The third-order valence-electron chi connectivity index (χ3n) is 5.45. The standard InChI is InChI=1S/C20H32N6O6S/c1-11(27)16(20(31)32)25-17(28)14(8-12-9-22-10-23-12)24-18(29)15-4-3-6-26(15)19(30)13(21)5-7-33-2/h9-11,13-16,27H,3-8,21H2,1-2H3,(H,22,23)(H,24,29)(H,25,28)(H,31,32). The van der Waals surface area contributed by atoms with Gasteiger partial charge in [0.15, 0.2) is 6.04 Å². The summed E-state index contributed by atoms with van der Waals surface area (Å²) in [5, 5.41) is 23.8. The van der Waals surface area contributed by atoms with Gasteiger partial charge in [0, 0.05) is 24.9 Å². The second-order valence-corrected chi connectivity index (χ2v) is 8.97. The van der Waals surface area contributed by atoms with Crippen LogP contribution in [0.25, 0.3) is 0 Å². The number of aliphatic carboxylic acids is 1.